The highest BCUT2D eigenvalue weighted by Gasteiger charge is 2.16. The fourth-order valence-corrected chi connectivity index (χ4v) is 3.46. The largest absolute Gasteiger partial charge is 0.294 e. The molecule has 1 heterocycles. The number of benzene rings is 2. The number of rotatable bonds is 2. The van der Waals surface area contributed by atoms with E-state index in [0.29, 0.717) is 10.0 Å². The molecule has 0 bridgehead atoms. The van der Waals surface area contributed by atoms with Crippen molar-refractivity contribution in [2.45, 2.75) is 12.8 Å². The molecule has 0 aliphatic heterocycles. The van der Waals surface area contributed by atoms with Crippen LogP contribution in [0, 0.1) is 6.92 Å². The molecule has 2 nitrogen and oxygen atoms in total. The van der Waals surface area contributed by atoms with E-state index in [1.54, 1.807) is 0 Å². The first-order valence-electron chi connectivity index (χ1n) is 6.20. The van der Waals surface area contributed by atoms with Crippen LogP contribution >= 0.6 is 50.7 Å². The molecule has 0 unspecified atom stereocenters. The Morgan fingerprint density at radius 1 is 1.19 bits per heavy atom. The molecule has 108 valence electrons. The maximum Gasteiger partial charge on any atom is 0.129 e. The van der Waals surface area contributed by atoms with Crippen molar-refractivity contribution in [3.63, 3.8) is 0 Å². The standard InChI is InChI=1S/C15H10BrCl3N2/c1-8-5-9(16)13(6-11(8)19)21-12-4-2-3-10(18)15(12)20-14(21)7-17/h2-6H,7H2,1H3. The Balaban J connectivity index is 2.39. The monoisotopic (exact) mass is 402 g/mol. The number of alkyl halides is 1. The molecule has 0 aliphatic rings. The van der Waals surface area contributed by atoms with Gasteiger partial charge >= 0.3 is 0 Å². The zero-order valence-electron chi connectivity index (χ0n) is 11.0. The van der Waals surface area contributed by atoms with Gasteiger partial charge in [-0.3, -0.25) is 4.57 Å². The first-order valence-corrected chi connectivity index (χ1v) is 8.29. The minimum Gasteiger partial charge on any atom is -0.294 e. The summed E-state index contributed by atoms with van der Waals surface area (Å²) in [7, 11) is 0. The molecular formula is C15H10BrCl3N2. The van der Waals surface area contributed by atoms with E-state index in [1.807, 2.05) is 41.8 Å². The van der Waals surface area contributed by atoms with E-state index < -0.39 is 0 Å². The number of aromatic nitrogens is 2. The summed E-state index contributed by atoms with van der Waals surface area (Å²) < 4.78 is 2.90. The number of nitrogens with zero attached hydrogens (tertiary/aromatic N) is 2. The lowest BCUT2D eigenvalue weighted by Gasteiger charge is -2.12. The Labute approximate surface area is 145 Å². The van der Waals surface area contributed by atoms with Crippen molar-refractivity contribution in [3.8, 4) is 5.69 Å². The normalized spacial score (nSPS) is 11.3. The number of hydrogen-bond acceptors (Lipinski definition) is 1. The molecule has 2 aromatic carbocycles. The van der Waals surface area contributed by atoms with Crippen molar-refractivity contribution in [2.24, 2.45) is 0 Å². The lowest BCUT2D eigenvalue weighted by atomic mass is 10.2. The highest BCUT2D eigenvalue weighted by molar-refractivity contribution is 9.10. The highest BCUT2D eigenvalue weighted by Crippen LogP contribution is 2.33. The van der Waals surface area contributed by atoms with Gasteiger partial charge in [-0.15, -0.1) is 11.6 Å². The average molecular weight is 405 g/mol. The van der Waals surface area contributed by atoms with Gasteiger partial charge in [0.2, 0.25) is 0 Å². The van der Waals surface area contributed by atoms with E-state index in [4.69, 9.17) is 34.8 Å². The van der Waals surface area contributed by atoms with Crippen LogP contribution in [0.25, 0.3) is 16.7 Å². The maximum atomic E-state index is 6.27. The summed E-state index contributed by atoms with van der Waals surface area (Å²) in [5.41, 5.74) is 3.53. The summed E-state index contributed by atoms with van der Waals surface area (Å²) in [6.07, 6.45) is 0. The molecule has 0 spiro atoms. The number of fused-ring (bicyclic) bond motifs is 1. The molecule has 0 radical (unpaired) electrons. The van der Waals surface area contributed by atoms with Gasteiger partial charge in [0, 0.05) is 9.50 Å². The molecule has 6 heteroatoms. The summed E-state index contributed by atoms with van der Waals surface area (Å²) in [5, 5.41) is 1.30. The number of hydrogen-bond donors (Lipinski definition) is 0. The van der Waals surface area contributed by atoms with Crippen LogP contribution in [0.1, 0.15) is 11.4 Å². The molecule has 0 amide bonds. The van der Waals surface area contributed by atoms with E-state index in [-0.39, 0.29) is 5.88 Å². The zero-order chi connectivity index (χ0) is 15.1. The van der Waals surface area contributed by atoms with Gasteiger partial charge in [-0.2, -0.15) is 0 Å². The van der Waals surface area contributed by atoms with Gasteiger partial charge in [-0.1, -0.05) is 29.3 Å². The van der Waals surface area contributed by atoms with Crippen molar-refractivity contribution in [1.82, 2.24) is 9.55 Å². The van der Waals surface area contributed by atoms with Crippen LogP contribution < -0.4 is 0 Å². The molecule has 0 fully saturated rings. The second-order valence-corrected chi connectivity index (χ2v) is 6.59. The lowest BCUT2D eigenvalue weighted by molar-refractivity contribution is 0.976. The molecule has 0 aliphatic carbocycles. The van der Waals surface area contributed by atoms with E-state index in [1.165, 1.54) is 0 Å². The zero-order valence-corrected chi connectivity index (χ0v) is 14.9. The number of imidazole rings is 1. The topological polar surface area (TPSA) is 17.8 Å². The summed E-state index contributed by atoms with van der Waals surface area (Å²) in [4.78, 5) is 4.54. The highest BCUT2D eigenvalue weighted by atomic mass is 79.9. The summed E-state index contributed by atoms with van der Waals surface area (Å²) >= 11 is 22.1. The van der Waals surface area contributed by atoms with Crippen molar-refractivity contribution in [1.29, 1.82) is 0 Å². The third-order valence-electron chi connectivity index (χ3n) is 3.29. The molecule has 0 N–H and O–H groups in total. The van der Waals surface area contributed by atoms with Gasteiger partial charge in [0.05, 0.1) is 22.1 Å². The van der Waals surface area contributed by atoms with Crippen LogP contribution in [-0.4, -0.2) is 9.55 Å². The summed E-state index contributed by atoms with van der Waals surface area (Å²) in [5.74, 6) is 1.00. The minimum atomic E-state index is 0.281. The first kappa shape index (κ1) is 15.2. The second-order valence-electron chi connectivity index (χ2n) is 4.66. The van der Waals surface area contributed by atoms with Gasteiger partial charge in [-0.05, 0) is 52.7 Å². The molecule has 0 atom stereocenters. The van der Waals surface area contributed by atoms with Crippen LogP contribution in [0.3, 0.4) is 0 Å². The fraction of sp³-hybridized carbons (Fsp3) is 0.133. The average Bonchev–Trinajstić information content (AvgIpc) is 2.83. The number of para-hydroxylation sites is 1. The van der Waals surface area contributed by atoms with Gasteiger partial charge in [0.25, 0.3) is 0 Å². The van der Waals surface area contributed by atoms with Gasteiger partial charge in [0.15, 0.2) is 0 Å². The fourth-order valence-electron chi connectivity index (χ4n) is 2.28. The SMILES string of the molecule is Cc1cc(Br)c(-n2c(CCl)nc3c(Cl)cccc32)cc1Cl. The molecule has 1 aromatic heterocycles. The van der Waals surface area contributed by atoms with Gasteiger partial charge in [-0.25, -0.2) is 4.98 Å². The van der Waals surface area contributed by atoms with E-state index in [2.05, 4.69) is 20.9 Å². The van der Waals surface area contributed by atoms with Crippen molar-refractivity contribution < 1.29 is 0 Å². The lowest BCUT2D eigenvalue weighted by Crippen LogP contribution is -2.01. The number of aryl methyl sites for hydroxylation is 1. The Hall–Kier alpha value is -0.740. The van der Waals surface area contributed by atoms with E-state index >= 15 is 0 Å². The Morgan fingerprint density at radius 3 is 2.67 bits per heavy atom. The third-order valence-corrected chi connectivity index (χ3v) is 4.88. The smallest absolute Gasteiger partial charge is 0.129 e. The third kappa shape index (κ3) is 2.57. The Morgan fingerprint density at radius 2 is 1.95 bits per heavy atom. The van der Waals surface area contributed by atoms with Crippen molar-refractivity contribution in [3.05, 3.63) is 56.2 Å². The molecule has 21 heavy (non-hydrogen) atoms. The summed E-state index contributed by atoms with van der Waals surface area (Å²) in [6.45, 7) is 1.96. The van der Waals surface area contributed by atoms with Crippen molar-refractivity contribution >= 4 is 61.8 Å². The molecule has 0 saturated heterocycles. The Bertz CT molecular complexity index is 843. The van der Waals surface area contributed by atoms with E-state index in [9.17, 15) is 0 Å². The number of halogens is 4. The molecule has 3 aromatic rings. The molecule has 0 saturated carbocycles. The minimum absolute atomic E-state index is 0.281. The van der Waals surface area contributed by atoms with Crippen LogP contribution in [0.15, 0.2) is 34.8 Å². The maximum absolute atomic E-state index is 6.27. The van der Waals surface area contributed by atoms with Crippen LogP contribution in [0.2, 0.25) is 10.0 Å². The molecular weight excluding hydrogens is 394 g/mol. The van der Waals surface area contributed by atoms with Crippen LogP contribution in [0.4, 0.5) is 0 Å². The van der Waals surface area contributed by atoms with Gasteiger partial charge < -0.3 is 0 Å². The quantitative estimate of drug-likeness (QED) is 0.469. The molecule has 3 rings (SSSR count). The predicted octanol–water partition coefficient (Wildman–Crippen LogP) is 6.14. The van der Waals surface area contributed by atoms with E-state index in [0.717, 1.165) is 32.6 Å². The predicted molar refractivity (Wildman–Crippen MR) is 93.1 cm³/mol. The Kier molecular flexibility index (Phi) is 4.19. The first-order chi connectivity index (χ1) is 10.0. The van der Waals surface area contributed by atoms with Crippen LogP contribution in [0.5, 0.6) is 0 Å². The van der Waals surface area contributed by atoms with Crippen molar-refractivity contribution in [2.75, 3.05) is 0 Å². The summed E-state index contributed by atoms with van der Waals surface area (Å²) in [6, 6.07) is 9.55. The second kappa shape index (κ2) is 5.81. The van der Waals surface area contributed by atoms with Gasteiger partial charge in [0.1, 0.15) is 11.3 Å². The van der Waals surface area contributed by atoms with Crippen LogP contribution in [-0.2, 0) is 5.88 Å².